The van der Waals surface area contributed by atoms with Gasteiger partial charge < -0.3 is 34.1 Å². The molecular formula is C35H53N7O3. The van der Waals surface area contributed by atoms with Gasteiger partial charge in [0.05, 0.1) is 12.6 Å². The predicted octanol–water partition coefficient (Wildman–Crippen LogP) is 4.99. The number of imidazole rings is 2. The van der Waals surface area contributed by atoms with Crippen molar-refractivity contribution in [3.05, 3.63) is 66.3 Å². The van der Waals surface area contributed by atoms with Crippen LogP contribution in [0.3, 0.4) is 0 Å². The zero-order valence-corrected chi connectivity index (χ0v) is 27.5. The molecule has 2 N–H and O–H groups in total. The van der Waals surface area contributed by atoms with Gasteiger partial charge in [-0.3, -0.25) is 0 Å². The molecule has 1 spiro atoms. The predicted molar refractivity (Wildman–Crippen MR) is 176 cm³/mol. The van der Waals surface area contributed by atoms with Crippen molar-refractivity contribution < 1.29 is 14.3 Å². The first-order valence-electron chi connectivity index (χ1n) is 17.1. The normalized spacial score (nSPS) is 17.7. The maximum absolute atomic E-state index is 11.7. The Kier molecular flexibility index (Phi) is 12.1. The molecule has 2 fully saturated rings. The third-order valence-corrected chi connectivity index (χ3v) is 9.86. The number of hydrogen-bond acceptors (Lipinski definition) is 8. The Morgan fingerprint density at radius 3 is 2.64 bits per heavy atom. The Morgan fingerprint density at radius 1 is 1.07 bits per heavy atom. The fourth-order valence-electron chi connectivity index (χ4n) is 7.24. The van der Waals surface area contributed by atoms with Crippen molar-refractivity contribution in [2.45, 2.75) is 90.9 Å². The van der Waals surface area contributed by atoms with Gasteiger partial charge in [-0.15, -0.1) is 0 Å². The summed E-state index contributed by atoms with van der Waals surface area (Å²) >= 11 is 0. The molecular weight excluding hydrogens is 566 g/mol. The second-order valence-corrected chi connectivity index (χ2v) is 12.8. The van der Waals surface area contributed by atoms with E-state index >= 15 is 0 Å². The molecule has 1 aromatic carbocycles. The lowest BCUT2D eigenvalue weighted by Crippen LogP contribution is -2.45. The highest BCUT2D eigenvalue weighted by Gasteiger charge is 2.40. The van der Waals surface area contributed by atoms with Gasteiger partial charge in [-0.2, -0.15) is 0 Å². The summed E-state index contributed by atoms with van der Waals surface area (Å²) in [5.41, 5.74) is 1.60. The number of rotatable bonds is 17. The van der Waals surface area contributed by atoms with E-state index in [-0.39, 0.29) is 18.6 Å². The number of carbonyl (C=O) groups excluding carboxylic acids is 1. The molecule has 246 valence electrons. The highest BCUT2D eigenvalue weighted by Crippen LogP contribution is 2.41. The summed E-state index contributed by atoms with van der Waals surface area (Å²) < 4.78 is 12.9. The van der Waals surface area contributed by atoms with Gasteiger partial charge in [0, 0.05) is 56.9 Å². The minimum Gasteiger partial charge on any atom is -0.482 e. The topological polar surface area (TPSA) is 101 Å². The molecule has 2 aliphatic heterocycles. The van der Waals surface area contributed by atoms with Crippen molar-refractivity contribution in [3.8, 4) is 5.75 Å². The van der Waals surface area contributed by atoms with Crippen LogP contribution in [0.25, 0.3) is 0 Å². The fraction of sp³-hybridized carbons (Fsp3) is 0.629. The Bertz CT molecular complexity index is 1300. The summed E-state index contributed by atoms with van der Waals surface area (Å²) in [6, 6.07) is 8.51. The third kappa shape index (κ3) is 9.17. The number of aromatic amines is 1. The molecule has 0 amide bonds. The highest BCUT2D eigenvalue weighted by molar-refractivity contribution is 5.71. The third-order valence-electron chi connectivity index (χ3n) is 9.86. The summed E-state index contributed by atoms with van der Waals surface area (Å²) in [6.07, 6.45) is 16.1. The molecule has 1 atom stereocenters. The average Bonchev–Trinajstić information content (AvgIpc) is 3.83. The smallest absolute Gasteiger partial charge is 0.344 e. The van der Waals surface area contributed by atoms with Crippen molar-refractivity contribution >= 4 is 5.97 Å². The number of hydrogen-bond donors (Lipinski definition) is 2. The molecule has 5 rings (SSSR count). The minimum atomic E-state index is -0.369. The summed E-state index contributed by atoms with van der Waals surface area (Å²) in [7, 11) is 0. The van der Waals surface area contributed by atoms with Gasteiger partial charge in [-0.25, -0.2) is 14.8 Å². The van der Waals surface area contributed by atoms with Crippen LogP contribution in [-0.4, -0.2) is 87.3 Å². The number of aromatic nitrogens is 4. The molecule has 2 saturated heterocycles. The molecule has 10 heteroatoms. The highest BCUT2D eigenvalue weighted by atomic mass is 16.6. The summed E-state index contributed by atoms with van der Waals surface area (Å²) in [6.45, 7) is 14.5. The second-order valence-electron chi connectivity index (χ2n) is 12.8. The lowest BCUT2D eigenvalue weighted by Gasteiger charge is -2.42. The Labute approximate surface area is 268 Å². The van der Waals surface area contributed by atoms with Gasteiger partial charge >= 0.3 is 5.97 Å². The van der Waals surface area contributed by atoms with Crippen molar-refractivity contribution in [1.29, 1.82) is 0 Å². The van der Waals surface area contributed by atoms with Gasteiger partial charge in [0.15, 0.2) is 6.61 Å². The number of benzene rings is 1. The van der Waals surface area contributed by atoms with E-state index < -0.39 is 0 Å². The molecule has 0 bridgehead atoms. The maximum Gasteiger partial charge on any atom is 0.344 e. The van der Waals surface area contributed by atoms with Crippen molar-refractivity contribution in [1.82, 2.24) is 34.6 Å². The van der Waals surface area contributed by atoms with Crippen LogP contribution in [0.4, 0.5) is 0 Å². The van der Waals surface area contributed by atoms with Crippen LogP contribution in [0.15, 0.2) is 49.1 Å². The van der Waals surface area contributed by atoms with E-state index in [1.54, 1.807) is 13.1 Å². The monoisotopic (exact) mass is 619 g/mol. The lowest BCUT2D eigenvalue weighted by atomic mass is 9.77. The van der Waals surface area contributed by atoms with Gasteiger partial charge in [-0.1, -0.05) is 26.0 Å². The maximum atomic E-state index is 11.7. The van der Waals surface area contributed by atoms with Crippen molar-refractivity contribution in [2.75, 3.05) is 45.9 Å². The SMILES string of the molecule is CCOC(=O)COc1cccc(CNC(Cc2nccn2CCCN2CCC3(CCN(C(CC)CC)CC3)C2)c2ncc[nH]2)c1. The molecule has 4 heterocycles. The molecule has 0 radical (unpaired) electrons. The molecule has 10 nitrogen and oxygen atoms in total. The second kappa shape index (κ2) is 16.4. The molecule has 0 aliphatic carbocycles. The zero-order chi connectivity index (χ0) is 31.5. The van der Waals surface area contributed by atoms with Gasteiger partial charge in [0.25, 0.3) is 0 Å². The zero-order valence-electron chi connectivity index (χ0n) is 27.5. The van der Waals surface area contributed by atoms with E-state index in [2.05, 4.69) is 49.7 Å². The first-order chi connectivity index (χ1) is 22.0. The van der Waals surface area contributed by atoms with E-state index in [1.165, 1.54) is 58.3 Å². The van der Waals surface area contributed by atoms with Gasteiger partial charge in [-0.05, 0) is 94.7 Å². The fourth-order valence-corrected chi connectivity index (χ4v) is 7.24. The van der Waals surface area contributed by atoms with Crippen molar-refractivity contribution in [3.63, 3.8) is 0 Å². The number of esters is 1. The number of carbonyl (C=O) groups is 1. The summed E-state index contributed by atoms with van der Waals surface area (Å²) in [4.78, 5) is 29.7. The number of ether oxygens (including phenoxy) is 2. The first kappa shape index (κ1) is 33.2. The summed E-state index contributed by atoms with van der Waals surface area (Å²) in [5, 5.41) is 3.66. The van der Waals surface area contributed by atoms with E-state index in [0.29, 0.717) is 24.3 Å². The molecule has 1 unspecified atom stereocenters. The van der Waals surface area contributed by atoms with Gasteiger partial charge in [0.1, 0.15) is 17.4 Å². The van der Waals surface area contributed by atoms with Crippen molar-refractivity contribution in [2.24, 2.45) is 5.41 Å². The average molecular weight is 620 g/mol. The number of aryl methyl sites for hydroxylation is 1. The van der Waals surface area contributed by atoms with Crippen LogP contribution in [-0.2, 0) is 29.0 Å². The minimum absolute atomic E-state index is 0.0328. The Balaban J connectivity index is 1.10. The van der Waals surface area contributed by atoms with Gasteiger partial charge in [0.2, 0.25) is 0 Å². The number of likely N-dealkylation sites (tertiary alicyclic amines) is 2. The summed E-state index contributed by atoms with van der Waals surface area (Å²) in [5.74, 6) is 2.22. The quantitative estimate of drug-likeness (QED) is 0.204. The van der Waals surface area contributed by atoms with E-state index in [0.717, 1.165) is 49.2 Å². The molecule has 0 saturated carbocycles. The van der Waals surface area contributed by atoms with Crippen LogP contribution in [0.5, 0.6) is 5.75 Å². The van der Waals surface area contributed by atoms with Crippen LogP contribution in [0.1, 0.15) is 82.6 Å². The first-order valence-corrected chi connectivity index (χ1v) is 17.1. The van der Waals surface area contributed by atoms with Crippen LogP contribution in [0.2, 0.25) is 0 Å². The number of nitrogens with zero attached hydrogens (tertiary/aromatic N) is 5. The molecule has 2 aromatic heterocycles. The lowest BCUT2D eigenvalue weighted by molar-refractivity contribution is -0.145. The Morgan fingerprint density at radius 2 is 1.89 bits per heavy atom. The Hall–Kier alpha value is -3.21. The number of piperidine rings is 1. The number of H-pyrrole nitrogens is 1. The number of nitrogens with one attached hydrogen (secondary N) is 2. The van der Waals surface area contributed by atoms with E-state index in [4.69, 9.17) is 14.5 Å². The van der Waals surface area contributed by atoms with Crippen LogP contribution < -0.4 is 10.1 Å². The van der Waals surface area contributed by atoms with Crippen LogP contribution in [0, 0.1) is 5.41 Å². The molecule has 45 heavy (non-hydrogen) atoms. The standard InChI is InChI=1S/C35H53N7O3/c1-4-29(5-2)41-20-12-35(13-21-41)11-19-40(27-35)17-8-18-42-22-16-36-32(42)24-31(34-37-14-15-38-34)39-25-28-9-7-10-30(23-28)45-26-33(43)44-6-3/h7,9-10,14-16,22-23,29,31,39H,4-6,8,11-13,17-21,24-27H2,1-3H3,(H,37,38). The van der Waals surface area contributed by atoms with Crippen LogP contribution >= 0.6 is 0 Å². The molecule has 2 aliphatic rings. The molecule has 3 aromatic rings. The van der Waals surface area contributed by atoms with E-state index in [9.17, 15) is 4.79 Å². The largest absolute Gasteiger partial charge is 0.482 e. The van der Waals surface area contributed by atoms with E-state index in [1.807, 2.05) is 36.7 Å².